The lowest BCUT2D eigenvalue weighted by Crippen LogP contribution is -2.47. The van der Waals surface area contributed by atoms with Gasteiger partial charge < -0.3 is 15.4 Å². The van der Waals surface area contributed by atoms with E-state index in [-0.39, 0.29) is 12.5 Å². The Balaban J connectivity index is 2.42. The van der Waals surface area contributed by atoms with Crippen molar-refractivity contribution in [2.45, 2.75) is 6.10 Å². The van der Waals surface area contributed by atoms with E-state index in [9.17, 15) is 4.79 Å². The van der Waals surface area contributed by atoms with Crippen LogP contribution >= 0.6 is 0 Å². The Labute approximate surface area is 82.3 Å². The quantitative estimate of drug-likeness (QED) is 0.699. The van der Waals surface area contributed by atoms with Crippen molar-refractivity contribution in [2.24, 2.45) is 5.73 Å². The largest absolute Gasteiger partial charge is 0.477 e. The number of amides is 1. The minimum absolute atomic E-state index is 0.0915. The summed E-state index contributed by atoms with van der Waals surface area (Å²) < 4.78 is 5.45. The summed E-state index contributed by atoms with van der Waals surface area (Å²) in [5.74, 6) is 0.622. The van der Waals surface area contributed by atoms with Gasteiger partial charge in [-0.05, 0) is 12.1 Å². The smallest absolute Gasteiger partial charge is 0.269 e. The van der Waals surface area contributed by atoms with Crippen molar-refractivity contribution >= 4 is 11.6 Å². The highest BCUT2D eigenvalue weighted by Crippen LogP contribution is 2.32. The van der Waals surface area contributed by atoms with Gasteiger partial charge in [0.2, 0.25) is 0 Å². The molecule has 0 saturated heterocycles. The third-order valence-corrected chi connectivity index (χ3v) is 2.32. The second kappa shape index (κ2) is 3.31. The molecule has 1 aromatic rings. The van der Waals surface area contributed by atoms with Crippen LogP contribution in [0.25, 0.3) is 0 Å². The molecule has 4 heteroatoms. The normalized spacial score (nSPS) is 20.3. The second-order valence-corrected chi connectivity index (χ2v) is 3.21. The molecule has 1 atom stereocenters. The summed E-state index contributed by atoms with van der Waals surface area (Å²) in [5.41, 5.74) is 6.23. The van der Waals surface area contributed by atoms with Crippen LogP contribution in [-0.2, 0) is 4.79 Å². The summed E-state index contributed by atoms with van der Waals surface area (Å²) in [6.45, 7) is 0.206. The molecule has 0 bridgehead atoms. The average molecular weight is 192 g/mol. The number of fused-ring (bicyclic) bond motifs is 1. The van der Waals surface area contributed by atoms with E-state index in [1.807, 2.05) is 24.3 Å². The molecule has 74 valence electrons. The van der Waals surface area contributed by atoms with E-state index in [2.05, 4.69) is 0 Å². The van der Waals surface area contributed by atoms with Gasteiger partial charge in [-0.15, -0.1) is 0 Å². The monoisotopic (exact) mass is 192 g/mol. The predicted octanol–water partition coefficient (Wildman–Crippen LogP) is 0.369. The van der Waals surface area contributed by atoms with E-state index in [0.29, 0.717) is 5.75 Å². The van der Waals surface area contributed by atoms with Gasteiger partial charge in [0.05, 0.1) is 5.69 Å². The number of anilines is 1. The van der Waals surface area contributed by atoms with Crippen LogP contribution in [0.5, 0.6) is 5.75 Å². The maximum Gasteiger partial charge on any atom is 0.269 e. The summed E-state index contributed by atoms with van der Waals surface area (Å²) in [6, 6.07) is 7.42. The number of hydrogen-bond donors (Lipinski definition) is 1. The molecule has 0 radical (unpaired) electrons. The third-order valence-electron chi connectivity index (χ3n) is 2.32. The van der Waals surface area contributed by atoms with Crippen molar-refractivity contribution in [1.29, 1.82) is 0 Å². The molecule has 0 spiro atoms. The van der Waals surface area contributed by atoms with Crippen LogP contribution in [0.15, 0.2) is 24.3 Å². The van der Waals surface area contributed by atoms with Gasteiger partial charge in [0.25, 0.3) is 5.91 Å². The van der Waals surface area contributed by atoms with Crippen LogP contribution in [0.4, 0.5) is 5.69 Å². The Bertz CT molecular complexity index is 365. The number of benzene rings is 1. The number of nitrogens with two attached hydrogens (primary N) is 1. The Morgan fingerprint density at radius 3 is 2.93 bits per heavy atom. The minimum atomic E-state index is -0.546. The van der Waals surface area contributed by atoms with Gasteiger partial charge in [-0.1, -0.05) is 12.1 Å². The molecule has 1 aliphatic heterocycles. The fraction of sp³-hybridized carbons (Fsp3) is 0.300. The number of nitrogens with zero attached hydrogens (tertiary/aromatic N) is 1. The van der Waals surface area contributed by atoms with Crippen molar-refractivity contribution in [1.82, 2.24) is 0 Å². The van der Waals surface area contributed by atoms with E-state index in [0.717, 1.165) is 5.69 Å². The molecule has 1 aromatic carbocycles. The number of rotatable bonds is 1. The molecule has 4 nitrogen and oxygen atoms in total. The highest BCUT2D eigenvalue weighted by atomic mass is 16.5. The first kappa shape index (κ1) is 9.02. The van der Waals surface area contributed by atoms with Gasteiger partial charge in [0.15, 0.2) is 6.10 Å². The molecule has 0 fully saturated rings. The second-order valence-electron chi connectivity index (χ2n) is 3.21. The third kappa shape index (κ3) is 1.24. The number of ether oxygens (including phenoxy) is 1. The molecule has 1 aliphatic rings. The SMILES string of the molecule is CN1C(=O)C(CN)Oc2ccccc21. The molecular weight excluding hydrogens is 180 g/mol. The molecule has 1 heterocycles. The van der Waals surface area contributed by atoms with Gasteiger partial charge in [0.1, 0.15) is 5.75 Å². The Kier molecular flexibility index (Phi) is 2.13. The Morgan fingerprint density at radius 1 is 1.50 bits per heavy atom. The van der Waals surface area contributed by atoms with Gasteiger partial charge in [-0.2, -0.15) is 0 Å². The molecule has 1 unspecified atom stereocenters. The van der Waals surface area contributed by atoms with E-state index >= 15 is 0 Å². The topological polar surface area (TPSA) is 55.6 Å². The predicted molar refractivity (Wildman–Crippen MR) is 53.3 cm³/mol. The highest BCUT2D eigenvalue weighted by molar-refractivity contribution is 5.99. The van der Waals surface area contributed by atoms with Gasteiger partial charge in [-0.25, -0.2) is 0 Å². The lowest BCUT2D eigenvalue weighted by molar-refractivity contribution is -0.125. The van der Waals surface area contributed by atoms with Crippen LogP contribution in [0.2, 0.25) is 0 Å². The van der Waals surface area contributed by atoms with Crippen molar-refractivity contribution in [2.75, 3.05) is 18.5 Å². The number of likely N-dealkylation sites (N-methyl/N-ethyl adjacent to an activating group) is 1. The van der Waals surface area contributed by atoms with E-state index < -0.39 is 6.10 Å². The lowest BCUT2D eigenvalue weighted by Gasteiger charge is -2.31. The zero-order valence-corrected chi connectivity index (χ0v) is 7.93. The van der Waals surface area contributed by atoms with Crippen LogP contribution < -0.4 is 15.4 Å². The molecule has 2 N–H and O–H groups in total. The molecular formula is C10H12N2O2. The number of para-hydroxylation sites is 2. The van der Waals surface area contributed by atoms with E-state index in [1.165, 1.54) is 0 Å². The molecule has 14 heavy (non-hydrogen) atoms. The molecule has 0 aromatic heterocycles. The molecule has 0 saturated carbocycles. The van der Waals surface area contributed by atoms with Crippen molar-refractivity contribution in [3.8, 4) is 5.75 Å². The van der Waals surface area contributed by atoms with Gasteiger partial charge in [0, 0.05) is 13.6 Å². The van der Waals surface area contributed by atoms with Gasteiger partial charge >= 0.3 is 0 Å². The van der Waals surface area contributed by atoms with Gasteiger partial charge in [-0.3, -0.25) is 4.79 Å². The zero-order chi connectivity index (χ0) is 10.1. The Hall–Kier alpha value is -1.55. The van der Waals surface area contributed by atoms with Crippen molar-refractivity contribution in [3.63, 3.8) is 0 Å². The van der Waals surface area contributed by atoms with E-state index in [1.54, 1.807) is 11.9 Å². The highest BCUT2D eigenvalue weighted by Gasteiger charge is 2.30. The summed E-state index contributed by atoms with van der Waals surface area (Å²) in [6.07, 6.45) is -0.546. The molecule has 1 amide bonds. The van der Waals surface area contributed by atoms with Crippen LogP contribution in [-0.4, -0.2) is 25.6 Å². The number of carbonyl (C=O) groups is 1. The van der Waals surface area contributed by atoms with Crippen molar-refractivity contribution in [3.05, 3.63) is 24.3 Å². The molecule has 0 aliphatic carbocycles. The summed E-state index contributed by atoms with van der Waals surface area (Å²) in [7, 11) is 1.73. The van der Waals surface area contributed by atoms with E-state index in [4.69, 9.17) is 10.5 Å². The number of hydrogen-bond acceptors (Lipinski definition) is 3. The fourth-order valence-electron chi connectivity index (χ4n) is 1.52. The van der Waals surface area contributed by atoms with Crippen LogP contribution in [0, 0.1) is 0 Å². The molecule has 2 rings (SSSR count). The lowest BCUT2D eigenvalue weighted by atomic mass is 10.2. The van der Waals surface area contributed by atoms with Crippen molar-refractivity contribution < 1.29 is 9.53 Å². The fourth-order valence-corrected chi connectivity index (χ4v) is 1.52. The maximum absolute atomic E-state index is 11.6. The first-order valence-electron chi connectivity index (χ1n) is 4.47. The van der Waals surface area contributed by atoms with Crippen LogP contribution in [0.3, 0.4) is 0 Å². The Morgan fingerprint density at radius 2 is 2.21 bits per heavy atom. The van der Waals surface area contributed by atoms with Crippen LogP contribution in [0.1, 0.15) is 0 Å². The first-order chi connectivity index (χ1) is 6.74. The maximum atomic E-state index is 11.6. The standard InChI is InChI=1S/C10H12N2O2/c1-12-7-4-2-3-5-8(7)14-9(6-11)10(12)13/h2-5,9H,6,11H2,1H3. The first-order valence-corrected chi connectivity index (χ1v) is 4.47. The number of carbonyl (C=O) groups excluding carboxylic acids is 1. The summed E-state index contributed by atoms with van der Waals surface area (Å²) in [4.78, 5) is 13.2. The summed E-state index contributed by atoms with van der Waals surface area (Å²) >= 11 is 0. The zero-order valence-electron chi connectivity index (χ0n) is 7.93. The summed E-state index contributed by atoms with van der Waals surface area (Å²) in [5, 5.41) is 0. The average Bonchev–Trinajstić information content (AvgIpc) is 2.23. The minimum Gasteiger partial charge on any atom is -0.477 e.